The Balaban J connectivity index is 2.06. The third-order valence-electron chi connectivity index (χ3n) is 4.12. The minimum atomic E-state index is -3.81. The summed E-state index contributed by atoms with van der Waals surface area (Å²) in [6.07, 6.45) is 0.441. The number of benzene rings is 2. The third kappa shape index (κ3) is 2.99. The van der Waals surface area contributed by atoms with Gasteiger partial charge in [0.15, 0.2) is 0 Å². The van der Waals surface area contributed by atoms with Crippen molar-refractivity contribution >= 4 is 25.7 Å². The Morgan fingerprint density at radius 2 is 1.80 bits per heavy atom. The van der Waals surface area contributed by atoms with Crippen molar-refractivity contribution in [2.24, 2.45) is 0 Å². The van der Waals surface area contributed by atoms with Gasteiger partial charge in [0.2, 0.25) is 10.0 Å². The van der Waals surface area contributed by atoms with E-state index in [9.17, 15) is 16.8 Å². The number of anilines is 1. The number of fused-ring (bicyclic) bond motifs is 1. The van der Waals surface area contributed by atoms with E-state index in [1.54, 1.807) is 18.2 Å². The van der Waals surface area contributed by atoms with E-state index in [0.29, 0.717) is 17.7 Å². The molecular formula is C16H18N2O5S2. The Morgan fingerprint density at radius 1 is 1.08 bits per heavy atom. The van der Waals surface area contributed by atoms with Crippen molar-refractivity contribution in [1.29, 1.82) is 0 Å². The van der Waals surface area contributed by atoms with Gasteiger partial charge >= 0.3 is 0 Å². The van der Waals surface area contributed by atoms with Gasteiger partial charge in [-0.05, 0) is 49.4 Å². The zero-order valence-electron chi connectivity index (χ0n) is 13.8. The first-order valence-electron chi connectivity index (χ1n) is 7.53. The number of hydrogen-bond donors (Lipinski definition) is 1. The molecule has 7 nitrogen and oxygen atoms in total. The smallest absolute Gasteiger partial charge is 0.268 e. The van der Waals surface area contributed by atoms with Gasteiger partial charge in [0.1, 0.15) is 10.6 Å². The van der Waals surface area contributed by atoms with Gasteiger partial charge in [0.05, 0.1) is 17.7 Å². The molecule has 1 heterocycles. The summed E-state index contributed by atoms with van der Waals surface area (Å²) in [5, 5.41) is 0. The molecule has 0 atom stereocenters. The minimum absolute atomic E-state index is 0.0808. The molecule has 2 aromatic carbocycles. The fourth-order valence-corrected chi connectivity index (χ4v) is 5.28. The Labute approximate surface area is 147 Å². The second-order valence-electron chi connectivity index (χ2n) is 5.48. The topological polar surface area (TPSA) is 92.8 Å². The summed E-state index contributed by atoms with van der Waals surface area (Å²) < 4.78 is 58.6. The first-order valence-corrected chi connectivity index (χ1v) is 10.5. The quantitative estimate of drug-likeness (QED) is 0.843. The monoisotopic (exact) mass is 382 g/mol. The first kappa shape index (κ1) is 17.7. The molecule has 1 N–H and O–H groups in total. The van der Waals surface area contributed by atoms with Crippen molar-refractivity contribution in [3.63, 3.8) is 0 Å². The lowest BCUT2D eigenvalue weighted by molar-refractivity contribution is 0.402. The maximum absolute atomic E-state index is 13.0. The van der Waals surface area contributed by atoms with E-state index in [-0.39, 0.29) is 22.1 Å². The lowest BCUT2D eigenvalue weighted by Gasteiger charge is -2.21. The van der Waals surface area contributed by atoms with Gasteiger partial charge in [-0.1, -0.05) is 12.1 Å². The number of hydrogen-bond acceptors (Lipinski definition) is 5. The van der Waals surface area contributed by atoms with Crippen LogP contribution in [0, 0.1) is 0 Å². The summed E-state index contributed by atoms with van der Waals surface area (Å²) in [7, 11) is -4.63. The Hall–Kier alpha value is -2.10. The van der Waals surface area contributed by atoms with Gasteiger partial charge in [-0.15, -0.1) is 0 Å². The van der Waals surface area contributed by atoms with Crippen LogP contribution in [0.1, 0.15) is 5.56 Å². The molecular weight excluding hydrogens is 364 g/mol. The molecule has 134 valence electrons. The fraction of sp³-hybridized carbons (Fsp3) is 0.250. The van der Waals surface area contributed by atoms with Gasteiger partial charge in [0, 0.05) is 6.54 Å². The van der Waals surface area contributed by atoms with Gasteiger partial charge in [-0.25, -0.2) is 21.6 Å². The highest BCUT2D eigenvalue weighted by Gasteiger charge is 2.33. The number of ether oxygens (including phenoxy) is 1. The number of para-hydroxylation sites is 1. The normalized spacial score (nSPS) is 14.4. The standard InChI is InChI=1S/C16H18N2O5S2/c1-17-24(19,20)13-7-8-14-12(11-13)9-10-18(14)25(21,22)16-6-4-3-5-15(16)23-2/h3-8,11,17H,9-10H2,1-2H3. The van der Waals surface area contributed by atoms with Gasteiger partial charge in [-0.3, -0.25) is 4.31 Å². The zero-order chi connectivity index (χ0) is 18.2. The number of sulfonamides is 2. The van der Waals surface area contributed by atoms with Crippen molar-refractivity contribution in [3.05, 3.63) is 48.0 Å². The molecule has 0 unspecified atom stereocenters. The maximum Gasteiger partial charge on any atom is 0.268 e. The molecule has 0 amide bonds. The van der Waals surface area contributed by atoms with Crippen LogP contribution in [0.5, 0.6) is 5.75 Å². The molecule has 0 radical (unpaired) electrons. The highest BCUT2D eigenvalue weighted by molar-refractivity contribution is 7.93. The SMILES string of the molecule is CNS(=O)(=O)c1ccc2c(c1)CCN2S(=O)(=O)c1ccccc1OC. The second kappa shape index (κ2) is 6.32. The Kier molecular flexibility index (Phi) is 4.48. The van der Waals surface area contributed by atoms with Crippen LogP contribution in [0.2, 0.25) is 0 Å². The molecule has 25 heavy (non-hydrogen) atoms. The van der Waals surface area contributed by atoms with Crippen molar-refractivity contribution < 1.29 is 21.6 Å². The lowest BCUT2D eigenvalue weighted by atomic mass is 10.2. The average Bonchev–Trinajstić information content (AvgIpc) is 3.05. The lowest BCUT2D eigenvalue weighted by Crippen LogP contribution is -2.29. The van der Waals surface area contributed by atoms with Gasteiger partial charge in [0.25, 0.3) is 10.0 Å². The molecule has 3 rings (SSSR count). The number of methoxy groups -OCH3 is 1. The molecule has 0 aliphatic carbocycles. The van der Waals surface area contributed by atoms with E-state index in [4.69, 9.17) is 4.74 Å². The third-order valence-corrected chi connectivity index (χ3v) is 7.38. The molecule has 9 heteroatoms. The molecule has 1 aliphatic rings. The van der Waals surface area contributed by atoms with Crippen LogP contribution in [0.15, 0.2) is 52.3 Å². The van der Waals surface area contributed by atoms with Crippen LogP contribution < -0.4 is 13.8 Å². The van der Waals surface area contributed by atoms with Crippen LogP contribution in [0.25, 0.3) is 0 Å². The molecule has 2 aromatic rings. The number of rotatable bonds is 5. The largest absolute Gasteiger partial charge is 0.495 e. The summed E-state index contributed by atoms with van der Waals surface area (Å²) in [5.74, 6) is 0.269. The molecule has 1 aliphatic heterocycles. The first-order chi connectivity index (χ1) is 11.8. The molecule has 0 saturated heterocycles. The summed E-state index contributed by atoms with van der Waals surface area (Å²) >= 11 is 0. The zero-order valence-corrected chi connectivity index (χ0v) is 15.4. The van der Waals surface area contributed by atoms with E-state index < -0.39 is 20.0 Å². The Bertz CT molecular complexity index is 1020. The van der Waals surface area contributed by atoms with E-state index in [1.807, 2.05) is 0 Å². The van der Waals surface area contributed by atoms with Crippen LogP contribution >= 0.6 is 0 Å². The summed E-state index contributed by atoms with van der Waals surface area (Å²) in [5.41, 5.74) is 1.16. The van der Waals surface area contributed by atoms with Crippen molar-refractivity contribution in [3.8, 4) is 5.75 Å². The highest BCUT2D eigenvalue weighted by atomic mass is 32.2. The molecule has 0 fully saturated rings. The van der Waals surface area contributed by atoms with Crippen LogP contribution in [-0.2, 0) is 26.5 Å². The van der Waals surface area contributed by atoms with Crippen molar-refractivity contribution in [2.45, 2.75) is 16.2 Å². The van der Waals surface area contributed by atoms with Crippen molar-refractivity contribution in [2.75, 3.05) is 25.0 Å². The number of nitrogens with zero attached hydrogens (tertiary/aromatic N) is 1. The predicted octanol–water partition coefficient (Wildman–Crippen LogP) is 1.35. The predicted molar refractivity (Wildman–Crippen MR) is 93.9 cm³/mol. The maximum atomic E-state index is 13.0. The summed E-state index contributed by atoms with van der Waals surface area (Å²) in [6.45, 7) is 0.249. The molecule has 0 spiro atoms. The average molecular weight is 382 g/mol. The van der Waals surface area contributed by atoms with Crippen LogP contribution in [-0.4, -0.2) is 37.5 Å². The van der Waals surface area contributed by atoms with E-state index in [1.165, 1.54) is 42.7 Å². The van der Waals surface area contributed by atoms with Crippen molar-refractivity contribution in [1.82, 2.24) is 4.72 Å². The van der Waals surface area contributed by atoms with Crippen LogP contribution in [0.3, 0.4) is 0 Å². The molecule has 0 aromatic heterocycles. The highest BCUT2D eigenvalue weighted by Crippen LogP contribution is 2.36. The Morgan fingerprint density at radius 3 is 2.48 bits per heavy atom. The second-order valence-corrected chi connectivity index (χ2v) is 9.19. The van der Waals surface area contributed by atoms with E-state index in [2.05, 4.69) is 4.72 Å². The molecule has 0 bridgehead atoms. The van der Waals surface area contributed by atoms with Gasteiger partial charge < -0.3 is 4.74 Å². The van der Waals surface area contributed by atoms with Crippen LogP contribution in [0.4, 0.5) is 5.69 Å². The summed E-state index contributed by atoms with van der Waals surface area (Å²) in [4.78, 5) is 0.197. The van der Waals surface area contributed by atoms with E-state index in [0.717, 1.165) is 0 Å². The van der Waals surface area contributed by atoms with Gasteiger partial charge in [-0.2, -0.15) is 0 Å². The summed E-state index contributed by atoms with van der Waals surface area (Å²) in [6, 6.07) is 10.9. The van der Waals surface area contributed by atoms with E-state index >= 15 is 0 Å². The molecule has 0 saturated carbocycles. The number of nitrogens with one attached hydrogen (secondary N) is 1. The fourth-order valence-electron chi connectivity index (χ4n) is 2.83. The minimum Gasteiger partial charge on any atom is -0.495 e.